The third-order valence-electron chi connectivity index (χ3n) is 6.58. The molecule has 1 amide bonds. The second kappa shape index (κ2) is 17.9. The standard InChI is InChI=1S/C25H45N5O3S/c1-34-18-10-11-22-19-30(29-28-22)23(20-31)25(33)27-15-9-7-5-3-2-4-6-8-12-24(32)21-13-16-26-17-14-21/h19,21,23,26,31H,2-18,20H2,1H3,(H,27,33)/t23-/m0/s1. The highest BCUT2D eigenvalue weighted by Crippen LogP contribution is 2.17. The number of rotatable bonds is 19. The number of Topliss-reactive ketones (excluding diaryl/α,β-unsaturated/α-hetero) is 1. The van der Waals surface area contributed by atoms with Crippen molar-refractivity contribution in [1.29, 1.82) is 0 Å². The van der Waals surface area contributed by atoms with Gasteiger partial charge in [-0.25, -0.2) is 4.68 Å². The van der Waals surface area contributed by atoms with Gasteiger partial charge in [0.1, 0.15) is 5.78 Å². The van der Waals surface area contributed by atoms with Crippen molar-refractivity contribution >= 4 is 23.5 Å². The van der Waals surface area contributed by atoms with Crippen LogP contribution in [0.5, 0.6) is 0 Å². The Morgan fingerprint density at radius 2 is 1.79 bits per heavy atom. The van der Waals surface area contributed by atoms with Crippen molar-refractivity contribution in [1.82, 2.24) is 25.6 Å². The minimum atomic E-state index is -0.719. The Hall–Kier alpha value is -1.45. The summed E-state index contributed by atoms with van der Waals surface area (Å²) in [5.74, 6) is 1.64. The molecule has 1 aromatic rings. The van der Waals surface area contributed by atoms with Crippen LogP contribution in [0.15, 0.2) is 6.20 Å². The number of hydrogen-bond donors (Lipinski definition) is 3. The molecule has 0 saturated carbocycles. The molecule has 9 heteroatoms. The molecule has 2 heterocycles. The molecule has 1 fully saturated rings. The molecule has 3 N–H and O–H groups in total. The maximum atomic E-state index is 12.4. The molecule has 1 saturated heterocycles. The Morgan fingerprint density at radius 1 is 1.12 bits per heavy atom. The number of nitrogens with one attached hydrogen (secondary N) is 2. The topological polar surface area (TPSA) is 109 Å². The lowest BCUT2D eigenvalue weighted by Gasteiger charge is -2.21. The number of aliphatic hydroxyl groups excluding tert-OH is 1. The van der Waals surface area contributed by atoms with E-state index in [1.165, 1.54) is 23.9 Å². The first kappa shape index (κ1) is 28.8. The summed E-state index contributed by atoms with van der Waals surface area (Å²) in [6, 6.07) is -0.719. The molecule has 0 aromatic carbocycles. The van der Waals surface area contributed by atoms with Crippen LogP contribution in [-0.4, -0.2) is 70.0 Å². The van der Waals surface area contributed by atoms with Crippen LogP contribution in [-0.2, 0) is 16.0 Å². The van der Waals surface area contributed by atoms with Crippen LogP contribution in [0.3, 0.4) is 0 Å². The van der Waals surface area contributed by atoms with Crippen molar-refractivity contribution in [3.05, 3.63) is 11.9 Å². The normalized spacial score (nSPS) is 15.4. The fraction of sp³-hybridized carbons (Fsp3) is 0.840. The van der Waals surface area contributed by atoms with Crippen molar-refractivity contribution < 1.29 is 14.7 Å². The third-order valence-corrected chi connectivity index (χ3v) is 7.27. The van der Waals surface area contributed by atoms with Crippen LogP contribution in [0, 0.1) is 5.92 Å². The van der Waals surface area contributed by atoms with Gasteiger partial charge >= 0.3 is 0 Å². The van der Waals surface area contributed by atoms with Gasteiger partial charge in [-0.3, -0.25) is 9.59 Å². The van der Waals surface area contributed by atoms with Gasteiger partial charge < -0.3 is 15.7 Å². The highest BCUT2D eigenvalue weighted by molar-refractivity contribution is 7.98. The Bertz CT molecular complexity index is 694. The fourth-order valence-electron chi connectivity index (χ4n) is 4.43. The molecule has 0 spiro atoms. The SMILES string of the molecule is CSCCCc1cn([C@@H](CO)C(=O)NCCCCCCCCCCC(=O)C2CCNCC2)nn1. The average Bonchev–Trinajstić information content (AvgIpc) is 3.32. The van der Waals surface area contributed by atoms with Crippen LogP contribution in [0.25, 0.3) is 0 Å². The summed E-state index contributed by atoms with van der Waals surface area (Å²) < 4.78 is 1.48. The number of ketones is 1. The van der Waals surface area contributed by atoms with E-state index in [1.54, 1.807) is 18.0 Å². The number of amides is 1. The highest BCUT2D eigenvalue weighted by atomic mass is 32.2. The Labute approximate surface area is 209 Å². The summed E-state index contributed by atoms with van der Waals surface area (Å²) in [5, 5.41) is 24.1. The monoisotopic (exact) mass is 495 g/mol. The van der Waals surface area contributed by atoms with Gasteiger partial charge in [-0.2, -0.15) is 11.8 Å². The molecule has 1 atom stereocenters. The molecule has 1 aliphatic heterocycles. The van der Waals surface area contributed by atoms with E-state index in [4.69, 9.17) is 0 Å². The summed E-state index contributed by atoms with van der Waals surface area (Å²) >= 11 is 1.80. The van der Waals surface area contributed by atoms with Gasteiger partial charge in [0.15, 0.2) is 6.04 Å². The van der Waals surface area contributed by atoms with Gasteiger partial charge in [0.2, 0.25) is 5.91 Å². The van der Waals surface area contributed by atoms with Crippen molar-refractivity contribution in [2.45, 2.75) is 89.5 Å². The second-order valence-electron chi connectivity index (χ2n) is 9.34. The van der Waals surface area contributed by atoms with Gasteiger partial charge in [0, 0.05) is 25.1 Å². The largest absolute Gasteiger partial charge is 0.394 e. The number of nitrogens with zero attached hydrogens (tertiary/aromatic N) is 3. The number of piperidine rings is 1. The van der Waals surface area contributed by atoms with Gasteiger partial charge in [-0.15, -0.1) is 5.10 Å². The van der Waals surface area contributed by atoms with E-state index < -0.39 is 6.04 Å². The van der Waals surface area contributed by atoms with Crippen molar-refractivity contribution in [2.75, 3.05) is 38.2 Å². The van der Waals surface area contributed by atoms with E-state index >= 15 is 0 Å². The summed E-state index contributed by atoms with van der Waals surface area (Å²) in [4.78, 5) is 24.6. The number of aromatic nitrogens is 3. The Morgan fingerprint density at radius 3 is 2.47 bits per heavy atom. The number of carbonyl (C=O) groups excluding carboxylic acids is 2. The average molecular weight is 496 g/mol. The molecule has 34 heavy (non-hydrogen) atoms. The molecule has 1 aromatic heterocycles. The first-order chi connectivity index (χ1) is 16.7. The highest BCUT2D eigenvalue weighted by Gasteiger charge is 2.21. The van der Waals surface area contributed by atoms with Crippen molar-refractivity contribution in [2.24, 2.45) is 5.92 Å². The summed E-state index contributed by atoms with van der Waals surface area (Å²) in [6.07, 6.45) is 17.5. The molecular formula is C25H45N5O3S. The van der Waals surface area contributed by atoms with E-state index in [-0.39, 0.29) is 12.5 Å². The molecule has 0 unspecified atom stereocenters. The van der Waals surface area contributed by atoms with Crippen molar-refractivity contribution in [3.63, 3.8) is 0 Å². The van der Waals surface area contributed by atoms with Crippen LogP contribution in [0.1, 0.15) is 88.8 Å². The summed E-state index contributed by atoms with van der Waals surface area (Å²) in [7, 11) is 0. The molecule has 1 aliphatic rings. The molecule has 8 nitrogen and oxygen atoms in total. The van der Waals surface area contributed by atoms with E-state index in [0.717, 1.165) is 88.7 Å². The van der Waals surface area contributed by atoms with E-state index in [0.29, 0.717) is 18.2 Å². The van der Waals surface area contributed by atoms with Gasteiger partial charge in [0.05, 0.1) is 12.3 Å². The zero-order valence-electron chi connectivity index (χ0n) is 21.0. The molecular weight excluding hydrogens is 450 g/mol. The fourth-order valence-corrected chi connectivity index (χ4v) is 4.86. The lowest BCUT2D eigenvalue weighted by atomic mass is 9.90. The molecule has 194 valence electrons. The maximum absolute atomic E-state index is 12.4. The minimum Gasteiger partial charge on any atom is -0.394 e. The van der Waals surface area contributed by atoms with Gasteiger partial charge in [-0.1, -0.05) is 43.7 Å². The predicted octanol–water partition coefficient (Wildman–Crippen LogP) is 3.30. The van der Waals surface area contributed by atoms with Gasteiger partial charge in [-0.05, 0) is 63.6 Å². The number of carbonyl (C=O) groups is 2. The lowest BCUT2D eigenvalue weighted by molar-refractivity contribution is -0.126. The molecule has 0 aliphatic carbocycles. The zero-order chi connectivity index (χ0) is 24.4. The smallest absolute Gasteiger partial charge is 0.247 e. The summed E-state index contributed by atoms with van der Waals surface area (Å²) in [5.41, 5.74) is 0.855. The van der Waals surface area contributed by atoms with Crippen LogP contribution in [0.4, 0.5) is 0 Å². The zero-order valence-corrected chi connectivity index (χ0v) is 21.8. The Balaban J connectivity index is 1.45. The number of unbranched alkanes of at least 4 members (excludes halogenated alkanes) is 7. The lowest BCUT2D eigenvalue weighted by Crippen LogP contribution is -2.35. The first-order valence-corrected chi connectivity index (χ1v) is 14.6. The first-order valence-electron chi connectivity index (χ1n) is 13.2. The second-order valence-corrected chi connectivity index (χ2v) is 10.3. The maximum Gasteiger partial charge on any atom is 0.247 e. The number of thioether (sulfide) groups is 1. The molecule has 0 bridgehead atoms. The molecule has 0 radical (unpaired) electrons. The number of aryl methyl sites for hydroxylation is 1. The van der Waals surface area contributed by atoms with Gasteiger partial charge in [0.25, 0.3) is 0 Å². The number of aliphatic hydroxyl groups is 1. The van der Waals surface area contributed by atoms with Crippen LogP contribution < -0.4 is 10.6 Å². The Kier molecular flexibility index (Phi) is 15.2. The van der Waals surface area contributed by atoms with E-state index in [2.05, 4.69) is 27.2 Å². The quantitative estimate of drug-likeness (QED) is 0.253. The minimum absolute atomic E-state index is 0.206. The number of hydrogen-bond acceptors (Lipinski definition) is 7. The van der Waals surface area contributed by atoms with Crippen LogP contribution >= 0.6 is 11.8 Å². The van der Waals surface area contributed by atoms with E-state index in [1.807, 2.05) is 0 Å². The van der Waals surface area contributed by atoms with Crippen LogP contribution in [0.2, 0.25) is 0 Å². The third kappa shape index (κ3) is 11.3. The molecule has 2 rings (SSSR count). The van der Waals surface area contributed by atoms with Crippen molar-refractivity contribution in [3.8, 4) is 0 Å². The summed E-state index contributed by atoms with van der Waals surface area (Å²) in [6.45, 7) is 2.30. The van der Waals surface area contributed by atoms with E-state index in [9.17, 15) is 14.7 Å². The predicted molar refractivity (Wildman–Crippen MR) is 138 cm³/mol.